The zero-order valence-electron chi connectivity index (χ0n) is 9.85. The van der Waals surface area contributed by atoms with Crippen molar-refractivity contribution in [2.75, 3.05) is 20.1 Å². The van der Waals surface area contributed by atoms with Crippen LogP contribution in [0.25, 0.3) is 0 Å². The van der Waals surface area contributed by atoms with Gasteiger partial charge in [-0.1, -0.05) is 15.9 Å². The zero-order valence-corrected chi connectivity index (χ0v) is 11.4. The van der Waals surface area contributed by atoms with E-state index in [1.54, 1.807) is 31.3 Å². The average molecular weight is 313 g/mol. The number of nitrogens with one attached hydrogen (secondary N) is 1. The topological polar surface area (TPSA) is 58.6 Å². The Kier molecular flexibility index (Phi) is 3.86. The number of hydrogen-bond donors (Lipinski definition) is 1. The van der Waals surface area contributed by atoms with Gasteiger partial charge < -0.3 is 15.0 Å². The van der Waals surface area contributed by atoms with Gasteiger partial charge in [-0.15, -0.1) is 0 Å². The number of amides is 2. The van der Waals surface area contributed by atoms with Crippen LogP contribution >= 0.6 is 15.9 Å². The summed E-state index contributed by atoms with van der Waals surface area (Å²) in [5, 5.41) is 2.74. The quantitative estimate of drug-likeness (QED) is 0.923. The molecule has 1 aromatic rings. The van der Waals surface area contributed by atoms with Crippen LogP contribution in [0.1, 0.15) is 10.4 Å². The maximum atomic E-state index is 11.8. The smallest absolute Gasteiger partial charge is 0.410 e. The van der Waals surface area contributed by atoms with E-state index in [9.17, 15) is 9.59 Å². The summed E-state index contributed by atoms with van der Waals surface area (Å²) in [4.78, 5) is 24.4. The largest absolute Gasteiger partial charge is 0.442 e. The molecule has 1 atom stereocenters. The molecule has 1 N–H and O–H groups in total. The van der Waals surface area contributed by atoms with Crippen LogP contribution < -0.4 is 5.32 Å². The van der Waals surface area contributed by atoms with Crippen molar-refractivity contribution >= 4 is 27.9 Å². The van der Waals surface area contributed by atoms with Gasteiger partial charge >= 0.3 is 6.09 Å². The summed E-state index contributed by atoms with van der Waals surface area (Å²) in [5.41, 5.74) is 0.580. The highest BCUT2D eigenvalue weighted by atomic mass is 79.9. The summed E-state index contributed by atoms with van der Waals surface area (Å²) in [6.07, 6.45) is -0.625. The number of ether oxygens (including phenoxy) is 1. The predicted molar refractivity (Wildman–Crippen MR) is 69.4 cm³/mol. The van der Waals surface area contributed by atoms with E-state index in [0.29, 0.717) is 18.7 Å². The minimum absolute atomic E-state index is 0.173. The summed E-state index contributed by atoms with van der Waals surface area (Å²) in [5.74, 6) is -0.173. The van der Waals surface area contributed by atoms with Crippen LogP contribution in [0.3, 0.4) is 0 Å². The van der Waals surface area contributed by atoms with Crippen LogP contribution in [-0.4, -0.2) is 43.1 Å². The molecule has 1 fully saturated rings. The minimum Gasteiger partial charge on any atom is -0.442 e. The molecule has 0 radical (unpaired) electrons. The van der Waals surface area contributed by atoms with Crippen LogP contribution in [0.4, 0.5) is 4.79 Å². The van der Waals surface area contributed by atoms with Gasteiger partial charge in [0.25, 0.3) is 5.91 Å². The molecule has 2 rings (SSSR count). The molecule has 1 unspecified atom stereocenters. The van der Waals surface area contributed by atoms with Crippen molar-refractivity contribution in [2.24, 2.45) is 0 Å². The number of likely N-dealkylation sites (N-methyl/N-ethyl adjacent to an activating group) is 1. The number of benzene rings is 1. The molecule has 18 heavy (non-hydrogen) atoms. The summed E-state index contributed by atoms with van der Waals surface area (Å²) in [6, 6.07) is 7.06. The molecular formula is C12H13BrN2O3. The first kappa shape index (κ1) is 12.9. The Balaban J connectivity index is 1.85. The summed E-state index contributed by atoms with van der Waals surface area (Å²) in [7, 11) is 1.67. The molecule has 0 aromatic heterocycles. The lowest BCUT2D eigenvalue weighted by molar-refractivity contribution is 0.0915. The van der Waals surface area contributed by atoms with Crippen molar-refractivity contribution in [1.29, 1.82) is 0 Å². The number of carbonyl (C=O) groups is 2. The van der Waals surface area contributed by atoms with Crippen LogP contribution in [-0.2, 0) is 4.74 Å². The maximum Gasteiger partial charge on any atom is 0.410 e. The lowest BCUT2D eigenvalue weighted by Gasteiger charge is -2.09. The number of halogens is 1. The first-order valence-corrected chi connectivity index (χ1v) is 6.31. The molecule has 1 aromatic carbocycles. The fraction of sp³-hybridized carbons (Fsp3) is 0.333. The Bertz CT molecular complexity index is 461. The Morgan fingerprint density at radius 2 is 2.17 bits per heavy atom. The summed E-state index contributed by atoms with van der Waals surface area (Å²) in [6.45, 7) is 0.824. The molecule has 5 nitrogen and oxygen atoms in total. The summed E-state index contributed by atoms with van der Waals surface area (Å²) >= 11 is 3.31. The number of cyclic esters (lactones) is 1. The molecule has 1 saturated heterocycles. The van der Waals surface area contributed by atoms with E-state index in [2.05, 4.69) is 21.2 Å². The highest BCUT2D eigenvalue weighted by molar-refractivity contribution is 9.10. The Morgan fingerprint density at radius 1 is 1.50 bits per heavy atom. The van der Waals surface area contributed by atoms with Crippen LogP contribution in [0.2, 0.25) is 0 Å². The van der Waals surface area contributed by atoms with Crippen molar-refractivity contribution in [3.8, 4) is 0 Å². The third-order valence-corrected chi connectivity index (χ3v) is 3.18. The standard InChI is InChI=1S/C12H13BrN2O3/c1-15-7-10(18-12(15)17)6-14-11(16)8-2-4-9(13)5-3-8/h2-5,10H,6-7H2,1H3,(H,14,16). The van der Waals surface area contributed by atoms with E-state index in [1.165, 1.54) is 4.90 Å². The molecule has 1 aliphatic rings. The third kappa shape index (κ3) is 3.01. The highest BCUT2D eigenvalue weighted by Crippen LogP contribution is 2.11. The second-order valence-electron chi connectivity index (χ2n) is 4.10. The van der Waals surface area contributed by atoms with E-state index in [4.69, 9.17) is 4.74 Å². The molecule has 6 heteroatoms. The molecule has 96 valence electrons. The Labute approximate surface area is 113 Å². The number of nitrogens with zero attached hydrogens (tertiary/aromatic N) is 1. The van der Waals surface area contributed by atoms with Gasteiger partial charge in [-0.2, -0.15) is 0 Å². The van der Waals surface area contributed by atoms with Crippen LogP contribution in [0, 0.1) is 0 Å². The minimum atomic E-state index is -0.349. The SMILES string of the molecule is CN1CC(CNC(=O)c2ccc(Br)cc2)OC1=O. The first-order valence-electron chi connectivity index (χ1n) is 5.52. The molecular weight excluding hydrogens is 300 g/mol. The average Bonchev–Trinajstić information content (AvgIpc) is 2.67. The Hall–Kier alpha value is -1.56. The fourth-order valence-corrected chi connectivity index (χ4v) is 1.93. The second-order valence-corrected chi connectivity index (χ2v) is 5.02. The lowest BCUT2D eigenvalue weighted by atomic mass is 10.2. The van der Waals surface area contributed by atoms with E-state index < -0.39 is 0 Å². The van der Waals surface area contributed by atoms with E-state index in [0.717, 1.165) is 4.47 Å². The van der Waals surface area contributed by atoms with E-state index in [-0.39, 0.29) is 18.1 Å². The van der Waals surface area contributed by atoms with Crippen LogP contribution in [0.5, 0.6) is 0 Å². The maximum absolute atomic E-state index is 11.8. The highest BCUT2D eigenvalue weighted by Gasteiger charge is 2.28. The van der Waals surface area contributed by atoms with Crippen molar-refractivity contribution in [1.82, 2.24) is 10.2 Å². The normalized spacial score (nSPS) is 18.7. The predicted octanol–water partition coefficient (Wildman–Crippen LogP) is 1.63. The van der Waals surface area contributed by atoms with Gasteiger partial charge in [0.1, 0.15) is 6.10 Å². The van der Waals surface area contributed by atoms with Gasteiger partial charge in [0.2, 0.25) is 0 Å². The molecule has 0 saturated carbocycles. The monoisotopic (exact) mass is 312 g/mol. The van der Waals surface area contributed by atoms with Crippen LogP contribution in [0.15, 0.2) is 28.7 Å². The fourth-order valence-electron chi connectivity index (χ4n) is 1.67. The lowest BCUT2D eigenvalue weighted by Crippen LogP contribution is -2.34. The van der Waals surface area contributed by atoms with Gasteiger partial charge in [0, 0.05) is 17.1 Å². The summed E-state index contributed by atoms with van der Waals surface area (Å²) < 4.78 is 5.97. The molecule has 0 spiro atoms. The molecule has 0 aliphatic carbocycles. The first-order chi connectivity index (χ1) is 8.56. The number of rotatable bonds is 3. The zero-order chi connectivity index (χ0) is 13.1. The third-order valence-electron chi connectivity index (χ3n) is 2.65. The van der Waals surface area contributed by atoms with E-state index in [1.807, 2.05) is 0 Å². The Morgan fingerprint density at radius 3 is 2.72 bits per heavy atom. The number of hydrogen-bond acceptors (Lipinski definition) is 3. The van der Waals surface area contributed by atoms with Crippen molar-refractivity contribution < 1.29 is 14.3 Å². The van der Waals surface area contributed by atoms with Crippen molar-refractivity contribution in [2.45, 2.75) is 6.10 Å². The van der Waals surface area contributed by atoms with E-state index >= 15 is 0 Å². The molecule has 2 amide bonds. The van der Waals surface area contributed by atoms with Gasteiger partial charge in [-0.05, 0) is 24.3 Å². The van der Waals surface area contributed by atoms with Gasteiger partial charge in [0.15, 0.2) is 0 Å². The van der Waals surface area contributed by atoms with Gasteiger partial charge in [-0.3, -0.25) is 4.79 Å². The van der Waals surface area contributed by atoms with Gasteiger partial charge in [-0.25, -0.2) is 4.79 Å². The molecule has 1 heterocycles. The van der Waals surface area contributed by atoms with Gasteiger partial charge in [0.05, 0.1) is 13.1 Å². The molecule has 0 bridgehead atoms. The second kappa shape index (κ2) is 5.39. The number of carbonyl (C=O) groups excluding carboxylic acids is 2. The van der Waals surface area contributed by atoms with Crippen molar-refractivity contribution in [3.63, 3.8) is 0 Å². The van der Waals surface area contributed by atoms with Crippen molar-refractivity contribution in [3.05, 3.63) is 34.3 Å². The molecule has 1 aliphatic heterocycles.